The molecule has 2 rings (SSSR count). The molecule has 0 aliphatic carbocycles. The summed E-state index contributed by atoms with van der Waals surface area (Å²) >= 11 is 0. The number of rotatable bonds is 6. The number of ether oxygens (including phenoxy) is 2. The minimum absolute atomic E-state index is 0.478. The summed E-state index contributed by atoms with van der Waals surface area (Å²) in [7, 11) is 0. The second-order valence-corrected chi connectivity index (χ2v) is 5.06. The molecule has 0 bridgehead atoms. The summed E-state index contributed by atoms with van der Waals surface area (Å²) in [5.74, 6) is 1.28. The van der Waals surface area contributed by atoms with Gasteiger partial charge < -0.3 is 20.3 Å². The summed E-state index contributed by atoms with van der Waals surface area (Å²) in [5, 5.41) is 9.91. The molecular formula is C15H23NO3. The lowest BCUT2D eigenvalue weighted by molar-refractivity contribution is 0.0351. The van der Waals surface area contributed by atoms with E-state index < -0.39 is 6.10 Å². The summed E-state index contributed by atoms with van der Waals surface area (Å²) in [6, 6.07) is 7.62. The van der Waals surface area contributed by atoms with Crippen LogP contribution in [0.25, 0.3) is 0 Å². The predicted molar refractivity (Wildman–Crippen MR) is 74.1 cm³/mol. The Morgan fingerprint density at radius 1 is 1.47 bits per heavy atom. The highest BCUT2D eigenvalue weighted by Gasteiger charge is 2.15. The Hall–Kier alpha value is -1.10. The van der Waals surface area contributed by atoms with Crippen molar-refractivity contribution < 1.29 is 14.6 Å². The van der Waals surface area contributed by atoms with Crippen LogP contribution in [0.5, 0.6) is 5.75 Å². The molecule has 1 aromatic carbocycles. The van der Waals surface area contributed by atoms with E-state index in [4.69, 9.17) is 15.2 Å². The third-order valence-electron chi connectivity index (χ3n) is 3.42. The van der Waals surface area contributed by atoms with Crippen molar-refractivity contribution in [3.05, 3.63) is 29.8 Å². The van der Waals surface area contributed by atoms with Crippen LogP contribution in [0.2, 0.25) is 0 Å². The van der Waals surface area contributed by atoms with Crippen molar-refractivity contribution in [3.8, 4) is 5.75 Å². The zero-order valence-corrected chi connectivity index (χ0v) is 11.3. The zero-order chi connectivity index (χ0) is 13.5. The number of nitrogens with two attached hydrogens (primary N) is 1. The van der Waals surface area contributed by atoms with Crippen molar-refractivity contribution in [3.63, 3.8) is 0 Å². The lowest BCUT2D eigenvalue weighted by Crippen LogP contribution is -2.23. The maximum absolute atomic E-state index is 9.91. The minimum Gasteiger partial charge on any atom is -0.493 e. The average molecular weight is 265 g/mol. The Morgan fingerprint density at radius 2 is 2.37 bits per heavy atom. The molecule has 0 aromatic heterocycles. The first-order valence-electron chi connectivity index (χ1n) is 6.98. The van der Waals surface area contributed by atoms with Gasteiger partial charge in [0, 0.05) is 12.5 Å². The van der Waals surface area contributed by atoms with Gasteiger partial charge in [-0.25, -0.2) is 0 Å². The van der Waals surface area contributed by atoms with Gasteiger partial charge in [-0.15, -0.1) is 0 Å². The summed E-state index contributed by atoms with van der Waals surface area (Å²) < 4.78 is 11.2. The van der Waals surface area contributed by atoms with Gasteiger partial charge in [0.1, 0.15) is 5.75 Å². The van der Waals surface area contributed by atoms with Gasteiger partial charge >= 0.3 is 0 Å². The van der Waals surface area contributed by atoms with E-state index in [1.807, 2.05) is 24.3 Å². The van der Waals surface area contributed by atoms with E-state index >= 15 is 0 Å². The minimum atomic E-state index is -0.508. The van der Waals surface area contributed by atoms with Gasteiger partial charge in [-0.2, -0.15) is 0 Å². The number of aliphatic hydroxyl groups is 1. The van der Waals surface area contributed by atoms with Crippen LogP contribution in [0.15, 0.2) is 24.3 Å². The van der Waals surface area contributed by atoms with Gasteiger partial charge in [-0.05, 0) is 43.5 Å². The van der Waals surface area contributed by atoms with Gasteiger partial charge in [0.25, 0.3) is 0 Å². The van der Waals surface area contributed by atoms with E-state index in [2.05, 4.69) is 0 Å². The first-order chi connectivity index (χ1) is 9.29. The van der Waals surface area contributed by atoms with Crippen LogP contribution >= 0.6 is 0 Å². The first-order valence-corrected chi connectivity index (χ1v) is 6.98. The molecule has 0 amide bonds. The van der Waals surface area contributed by atoms with Crippen LogP contribution in [-0.4, -0.2) is 31.5 Å². The van der Waals surface area contributed by atoms with Crippen molar-refractivity contribution in [2.24, 2.45) is 11.7 Å². The molecule has 3 N–H and O–H groups in total. The Kier molecular flexibility index (Phi) is 5.63. The Bertz CT molecular complexity index is 377. The Labute approximate surface area is 114 Å². The SMILES string of the molecule is NCCC(O)c1cccc(OCC2CCCOC2)c1. The molecule has 1 heterocycles. The van der Waals surface area contributed by atoms with Crippen molar-refractivity contribution in [2.45, 2.75) is 25.4 Å². The van der Waals surface area contributed by atoms with Crippen molar-refractivity contribution >= 4 is 0 Å². The molecule has 0 radical (unpaired) electrons. The largest absolute Gasteiger partial charge is 0.493 e. The summed E-state index contributed by atoms with van der Waals surface area (Å²) in [6.45, 7) is 2.81. The van der Waals surface area contributed by atoms with Crippen molar-refractivity contribution in [1.29, 1.82) is 0 Å². The first kappa shape index (κ1) is 14.3. The van der Waals surface area contributed by atoms with E-state index in [1.165, 1.54) is 0 Å². The maximum Gasteiger partial charge on any atom is 0.119 e. The molecule has 19 heavy (non-hydrogen) atoms. The molecule has 2 atom stereocenters. The van der Waals surface area contributed by atoms with Gasteiger partial charge in [-0.3, -0.25) is 0 Å². The molecule has 1 aliphatic heterocycles. The molecule has 4 heteroatoms. The lowest BCUT2D eigenvalue weighted by Gasteiger charge is -2.22. The van der Waals surface area contributed by atoms with Crippen LogP contribution in [0, 0.1) is 5.92 Å². The van der Waals surface area contributed by atoms with Crippen molar-refractivity contribution in [2.75, 3.05) is 26.4 Å². The fraction of sp³-hybridized carbons (Fsp3) is 0.600. The summed E-state index contributed by atoms with van der Waals surface area (Å²) in [5.41, 5.74) is 6.32. The fourth-order valence-electron chi connectivity index (χ4n) is 2.29. The van der Waals surface area contributed by atoms with E-state index in [9.17, 15) is 5.11 Å². The molecule has 2 unspecified atom stereocenters. The second kappa shape index (κ2) is 7.48. The highest BCUT2D eigenvalue weighted by molar-refractivity contribution is 5.29. The smallest absolute Gasteiger partial charge is 0.119 e. The molecule has 4 nitrogen and oxygen atoms in total. The van der Waals surface area contributed by atoms with Gasteiger partial charge in [0.05, 0.1) is 19.3 Å². The normalized spacial score (nSPS) is 21.1. The standard InChI is InChI=1S/C15H23NO3/c16-7-6-15(17)13-4-1-5-14(9-13)19-11-12-3-2-8-18-10-12/h1,4-5,9,12,15,17H,2-3,6-8,10-11,16H2. The molecule has 1 aromatic rings. The van der Waals surface area contributed by atoms with Crippen LogP contribution in [-0.2, 0) is 4.74 Å². The van der Waals surface area contributed by atoms with Gasteiger partial charge in [-0.1, -0.05) is 12.1 Å². The third kappa shape index (κ3) is 4.49. The molecule has 0 saturated carbocycles. The molecule has 1 aliphatic rings. The van der Waals surface area contributed by atoms with Crippen molar-refractivity contribution in [1.82, 2.24) is 0 Å². The maximum atomic E-state index is 9.91. The van der Waals surface area contributed by atoms with E-state index in [0.717, 1.165) is 37.4 Å². The molecule has 1 saturated heterocycles. The lowest BCUT2D eigenvalue weighted by atomic mass is 10.0. The summed E-state index contributed by atoms with van der Waals surface area (Å²) in [4.78, 5) is 0. The third-order valence-corrected chi connectivity index (χ3v) is 3.42. The highest BCUT2D eigenvalue weighted by atomic mass is 16.5. The predicted octanol–water partition coefficient (Wildman–Crippen LogP) is 1.87. The van der Waals surface area contributed by atoms with Crippen LogP contribution in [0.1, 0.15) is 30.9 Å². The van der Waals surface area contributed by atoms with Gasteiger partial charge in [0.15, 0.2) is 0 Å². The monoisotopic (exact) mass is 265 g/mol. The second-order valence-electron chi connectivity index (χ2n) is 5.06. The number of hydrogen-bond acceptors (Lipinski definition) is 4. The molecule has 106 valence electrons. The van der Waals surface area contributed by atoms with Crippen LogP contribution < -0.4 is 10.5 Å². The number of hydrogen-bond donors (Lipinski definition) is 2. The highest BCUT2D eigenvalue weighted by Crippen LogP contribution is 2.22. The fourth-order valence-corrected chi connectivity index (χ4v) is 2.29. The average Bonchev–Trinajstić information content (AvgIpc) is 2.47. The van der Waals surface area contributed by atoms with E-state index in [0.29, 0.717) is 25.5 Å². The Balaban J connectivity index is 1.87. The summed E-state index contributed by atoms with van der Waals surface area (Å²) in [6.07, 6.45) is 2.34. The molecule has 1 fully saturated rings. The van der Waals surface area contributed by atoms with Crippen LogP contribution in [0.3, 0.4) is 0 Å². The number of benzene rings is 1. The quantitative estimate of drug-likeness (QED) is 0.824. The number of aliphatic hydroxyl groups excluding tert-OH is 1. The van der Waals surface area contributed by atoms with Gasteiger partial charge in [0.2, 0.25) is 0 Å². The topological polar surface area (TPSA) is 64.7 Å². The zero-order valence-electron chi connectivity index (χ0n) is 11.3. The van der Waals surface area contributed by atoms with Crippen LogP contribution in [0.4, 0.5) is 0 Å². The Morgan fingerprint density at radius 3 is 3.11 bits per heavy atom. The molecule has 0 spiro atoms. The van der Waals surface area contributed by atoms with E-state index in [1.54, 1.807) is 0 Å². The molecular weight excluding hydrogens is 242 g/mol. The van der Waals surface area contributed by atoms with E-state index in [-0.39, 0.29) is 0 Å².